The highest BCUT2D eigenvalue weighted by atomic mass is 16.8. The lowest BCUT2D eigenvalue weighted by molar-refractivity contribution is -0.347. The first-order valence-electron chi connectivity index (χ1n) is 17.2. The second-order valence-electron chi connectivity index (χ2n) is 13.6. The Morgan fingerprint density at radius 2 is 1.61 bits per heavy atom. The third kappa shape index (κ3) is 7.79. The number of fused-ring (bicyclic) bond motifs is 3. The van der Waals surface area contributed by atoms with Crippen molar-refractivity contribution < 1.29 is 92.4 Å². The number of rotatable bonds is 12. The van der Waals surface area contributed by atoms with E-state index < -0.39 is 122 Å². The fraction of sp³-hybridized carbons (Fsp3) is 0.629. The van der Waals surface area contributed by atoms with Crippen molar-refractivity contribution in [3.05, 3.63) is 42.2 Å². The van der Waals surface area contributed by atoms with Crippen molar-refractivity contribution >= 4 is 24.0 Å². The van der Waals surface area contributed by atoms with Crippen molar-refractivity contribution in [2.24, 2.45) is 11.8 Å². The maximum Gasteiger partial charge on any atom is 0.330 e. The zero-order valence-electron chi connectivity index (χ0n) is 29.6. The molecule has 16 atom stereocenters. The quantitative estimate of drug-likeness (QED) is 0.0604. The molecule has 0 bridgehead atoms. The first-order valence-corrected chi connectivity index (χ1v) is 17.2. The molecular weight excluding hydrogens is 724 g/mol. The van der Waals surface area contributed by atoms with E-state index in [0.29, 0.717) is 5.56 Å². The molecule has 19 nitrogen and oxygen atoms in total. The Morgan fingerprint density at radius 1 is 0.889 bits per heavy atom. The van der Waals surface area contributed by atoms with Crippen LogP contribution in [0.3, 0.4) is 0 Å². The molecule has 0 spiro atoms. The topological polar surface area (TPSA) is 268 Å². The number of benzene rings is 1. The molecule has 0 radical (unpaired) electrons. The van der Waals surface area contributed by atoms with Crippen LogP contribution in [-0.2, 0) is 57.0 Å². The van der Waals surface area contributed by atoms with Crippen molar-refractivity contribution in [1.29, 1.82) is 0 Å². The number of hydrogen-bond donors (Lipinski definition) is 6. The zero-order chi connectivity index (χ0) is 39.1. The van der Waals surface area contributed by atoms with E-state index in [0.717, 1.165) is 19.9 Å². The number of epoxide rings is 1. The summed E-state index contributed by atoms with van der Waals surface area (Å²) < 4.78 is 57.4. The van der Waals surface area contributed by atoms with Crippen LogP contribution in [0.15, 0.2) is 36.6 Å². The van der Waals surface area contributed by atoms with Gasteiger partial charge in [-0.3, -0.25) is 9.59 Å². The highest BCUT2D eigenvalue weighted by Crippen LogP contribution is 2.61. The summed E-state index contributed by atoms with van der Waals surface area (Å²) in [6.45, 7) is 2.72. The predicted molar refractivity (Wildman–Crippen MR) is 174 cm³/mol. The van der Waals surface area contributed by atoms with Gasteiger partial charge in [0.05, 0.1) is 38.1 Å². The number of aromatic hydroxyl groups is 1. The molecule has 1 aliphatic carbocycles. The van der Waals surface area contributed by atoms with Gasteiger partial charge in [0.25, 0.3) is 0 Å². The minimum absolute atomic E-state index is 0.0870. The molecule has 6 N–H and O–H groups in total. The first kappa shape index (κ1) is 39.8. The summed E-state index contributed by atoms with van der Waals surface area (Å²) in [5.74, 6) is -3.70. The molecule has 0 aromatic heterocycles. The van der Waals surface area contributed by atoms with Gasteiger partial charge in [-0.2, -0.15) is 0 Å². The van der Waals surface area contributed by atoms with Gasteiger partial charge in [-0.15, -0.1) is 0 Å². The minimum Gasteiger partial charge on any atom is -0.504 e. The molecule has 298 valence electrons. The third-order valence-corrected chi connectivity index (χ3v) is 10.1. The van der Waals surface area contributed by atoms with E-state index in [9.17, 15) is 45.0 Å². The van der Waals surface area contributed by atoms with Gasteiger partial charge < -0.3 is 78.0 Å². The van der Waals surface area contributed by atoms with E-state index in [1.165, 1.54) is 38.5 Å². The standard InChI is InChI=1S/C35H44O19/c1-14-28(49-15(2)37)27(44)30(50-16(3)38)34(48-14)52-29-18-9-10-46-32(53-33-26(43)25(42)24(41)21(12-36)51-33)23(18)35(31(29)54-35)13-47-22(40)8-6-17-5-7-19(39)20(11-17)45-4/h5-11,14,18,21,23-34,36,39,41-44H,12-13H2,1-4H3/b8-6+/t14-,18?,21-,23?,24-,25+,26-,27-,28+,29+,30+,31+,32+,33+,34+,35-/m1/s1. The van der Waals surface area contributed by atoms with E-state index >= 15 is 0 Å². The second kappa shape index (κ2) is 16.1. The molecule has 4 heterocycles. The molecule has 19 heteroatoms. The van der Waals surface area contributed by atoms with Crippen LogP contribution >= 0.6 is 0 Å². The van der Waals surface area contributed by atoms with Crippen molar-refractivity contribution in [3.8, 4) is 11.5 Å². The number of phenols is 1. The van der Waals surface area contributed by atoms with Gasteiger partial charge in [0.1, 0.15) is 48.8 Å². The summed E-state index contributed by atoms with van der Waals surface area (Å²) in [6, 6.07) is 4.46. The fourth-order valence-corrected chi connectivity index (χ4v) is 7.41. The van der Waals surface area contributed by atoms with Gasteiger partial charge in [0.15, 0.2) is 36.3 Å². The molecule has 0 amide bonds. The van der Waals surface area contributed by atoms with Gasteiger partial charge >= 0.3 is 17.9 Å². The molecule has 4 fully saturated rings. The number of phenolic OH excluding ortho intramolecular Hbond substituents is 1. The summed E-state index contributed by atoms with van der Waals surface area (Å²) in [7, 11) is 1.38. The van der Waals surface area contributed by atoms with Crippen LogP contribution in [-0.4, -0.2) is 154 Å². The summed E-state index contributed by atoms with van der Waals surface area (Å²) in [5, 5.41) is 62.1. The van der Waals surface area contributed by atoms with E-state index in [-0.39, 0.29) is 18.1 Å². The number of methoxy groups -OCH3 is 1. The second-order valence-corrected chi connectivity index (χ2v) is 13.6. The highest BCUT2D eigenvalue weighted by molar-refractivity contribution is 5.87. The van der Waals surface area contributed by atoms with E-state index in [4.69, 9.17) is 47.4 Å². The molecule has 1 aromatic rings. The average molecular weight is 769 g/mol. The van der Waals surface area contributed by atoms with E-state index in [2.05, 4.69) is 0 Å². The Hall–Kier alpha value is -3.89. The molecule has 5 aliphatic rings. The number of carbonyl (C=O) groups is 3. The number of ether oxygens (including phenoxy) is 10. The number of aliphatic hydroxyl groups is 5. The summed E-state index contributed by atoms with van der Waals surface area (Å²) >= 11 is 0. The molecule has 4 aliphatic heterocycles. The van der Waals surface area contributed by atoms with Crippen molar-refractivity contribution in [2.45, 2.75) is 106 Å². The van der Waals surface area contributed by atoms with Crippen LogP contribution < -0.4 is 4.74 Å². The van der Waals surface area contributed by atoms with Crippen LogP contribution in [0.4, 0.5) is 0 Å². The molecule has 1 aromatic carbocycles. The maximum atomic E-state index is 13.0. The normalized spacial score (nSPS) is 40.9. The molecule has 1 saturated carbocycles. The fourth-order valence-electron chi connectivity index (χ4n) is 7.41. The number of hydrogen-bond acceptors (Lipinski definition) is 19. The summed E-state index contributed by atoms with van der Waals surface area (Å²) in [6.07, 6.45) is -12.2. The van der Waals surface area contributed by atoms with Crippen LogP contribution in [0, 0.1) is 11.8 Å². The third-order valence-electron chi connectivity index (χ3n) is 10.1. The molecule has 54 heavy (non-hydrogen) atoms. The lowest BCUT2D eigenvalue weighted by atomic mass is 9.85. The molecule has 2 unspecified atom stereocenters. The average Bonchev–Trinajstić information content (AvgIpc) is 3.80. The van der Waals surface area contributed by atoms with Crippen LogP contribution in [0.2, 0.25) is 0 Å². The lowest BCUT2D eigenvalue weighted by Crippen LogP contribution is -2.61. The Bertz CT molecular complexity index is 1600. The molecule has 3 saturated heterocycles. The van der Waals surface area contributed by atoms with Crippen LogP contribution in [0.25, 0.3) is 6.08 Å². The number of aliphatic hydroxyl groups excluding tert-OH is 5. The highest BCUT2D eigenvalue weighted by Gasteiger charge is 2.78. The van der Waals surface area contributed by atoms with E-state index in [1.54, 1.807) is 12.1 Å². The van der Waals surface area contributed by atoms with Gasteiger partial charge in [-0.05, 0) is 36.8 Å². The van der Waals surface area contributed by atoms with Crippen molar-refractivity contribution in [1.82, 2.24) is 0 Å². The van der Waals surface area contributed by atoms with Crippen LogP contribution in [0.1, 0.15) is 26.3 Å². The first-order chi connectivity index (χ1) is 25.7. The monoisotopic (exact) mass is 768 g/mol. The smallest absolute Gasteiger partial charge is 0.330 e. The van der Waals surface area contributed by atoms with Gasteiger partial charge in [-0.1, -0.05) is 6.07 Å². The van der Waals surface area contributed by atoms with Crippen LogP contribution in [0.5, 0.6) is 11.5 Å². The SMILES string of the molecule is COc1cc(/C=C/C(=O)OC[C@]23O[C@H]2[C@@H](O[C@@H]2O[C@H](C)[C@H](OC(C)=O)[C@@H](O)[C@@H]2OC(C)=O)C2C=CO[C@@H](O[C@@H]4O[C@H](CO)[C@@H](O)[C@H](O)[C@H]4O)C23)ccc1O. The number of carbonyl (C=O) groups excluding carboxylic acids is 3. The zero-order valence-corrected chi connectivity index (χ0v) is 29.6. The molecular formula is C35H44O19. The Kier molecular flexibility index (Phi) is 11.8. The Labute approximate surface area is 308 Å². The van der Waals surface area contributed by atoms with Gasteiger partial charge in [0, 0.05) is 25.8 Å². The van der Waals surface area contributed by atoms with Crippen molar-refractivity contribution in [3.63, 3.8) is 0 Å². The molecule has 6 rings (SSSR count). The Balaban J connectivity index is 1.25. The van der Waals surface area contributed by atoms with Crippen molar-refractivity contribution in [2.75, 3.05) is 20.3 Å². The minimum atomic E-state index is -1.77. The van der Waals surface area contributed by atoms with Gasteiger partial charge in [0.2, 0.25) is 6.29 Å². The largest absolute Gasteiger partial charge is 0.504 e. The van der Waals surface area contributed by atoms with E-state index in [1.807, 2.05) is 0 Å². The summed E-state index contributed by atoms with van der Waals surface area (Å²) in [4.78, 5) is 36.9. The predicted octanol–water partition coefficient (Wildman–Crippen LogP) is -1.62. The lowest BCUT2D eigenvalue weighted by Gasteiger charge is -2.44. The van der Waals surface area contributed by atoms with Gasteiger partial charge in [-0.25, -0.2) is 4.79 Å². The Morgan fingerprint density at radius 3 is 2.30 bits per heavy atom. The number of esters is 3. The summed E-state index contributed by atoms with van der Waals surface area (Å²) in [5.41, 5.74) is -0.837. The maximum absolute atomic E-state index is 13.0.